The Morgan fingerprint density at radius 3 is 2.13 bits per heavy atom. The summed E-state index contributed by atoms with van der Waals surface area (Å²) in [5, 5.41) is 16.1. The topological polar surface area (TPSA) is 111 Å². The van der Waals surface area contributed by atoms with E-state index in [1.807, 2.05) is 72.8 Å². The van der Waals surface area contributed by atoms with Crippen molar-refractivity contribution in [3.05, 3.63) is 126 Å². The Labute approximate surface area is 219 Å². The van der Waals surface area contributed by atoms with Crippen molar-refractivity contribution in [2.24, 2.45) is 0 Å². The number of aromatic nitrogens is 1. The van der Waals surface area contributed by atoms with E-state index in [1.165, 1.54) is 0 Å². The van der Waals surface area contributed by atoms with Crippen LogP contribution in [0.5, 0.6) is 0 Å². The zero-order chi connectivity index (χ0) is 26.5. The van der Waals surface area contributed by atoms with Gasteiger partial charge >= 0.3 is 5.97 Å². The number of carbonyl (C=O) groups is 3. The smallest absolute Gasteiger partial charge is 0.326 e. The Hall–Kier alpha value is -5.17. The van der Waals surface area contributed by atoms with Crippen LogP contribution >= 0.6 is 0 Å². The highest BCUT2D eigenvalue weighted by Crippen LogP contribution is 2.21. The molecule has 0 aliphatic carbocycles. The quantitative estimate of drug-likeness (QED) is 0.224. The lowest BCUT2D eigenvalue weighted by Gasteiger charge is -2.16. The fourth-order valence-corrected chi connectivity index (χ4v) is 4.33. The van der Waals surface area contributed by atoms with E-state index < -0.39 is 17.9 Å². The number of carbonyl (C=O) groups excluding carboxylic acids is 2. The van der Waals surface area contributed by atoms with Crippen LogP contribution in [0, 0.1) is 0 Å². The fraction of sp³-hybridized carbons (Fsp3) is 0.0645. The molecule has 38 heavy (non-hydrogen) atoms. The molecular formula is C31H25N3O4. The highest BCUT2D eigenvalue weighted by Gasteiger charge is 2.24. The maximum atomic E-state index is 13.1. The van der Waals surface area contributed by atoms with Crippen molar-refractivity contribution >= 4 is 34.4 Å². The van der Waals surface area contributed by atoms with Crippen LogP contribution in [0.1, 0.15) is 26.4 Å². The van der Waals surface area contributed by atoms with E-state index in [-0.39, 0.29) is 23.6 Å². The molecule has 0 radical (unpaired) electrons. The van der Waals surface area contributed by atoms with Crippen LogP contribution in [0.3, 0.4) is 0 Å². The summed E-state index contributed by atoms with van der Waals surface area (Å²) in [6, 6.07) is 31.9. The first kappa shape index (κ1) is 24.5. The number of para-hydroxylation sites is 2. The molecule has 4 N–H and O–H groups in total. The number of nitrogens with one attached hydrogen (secondary N) is 3. The van der Waals surface area contributed by atoms with Crippen LogP contribution in [-0.4, -0.2) is 33.9 Å². The second-order valence-electron chi connectivity index (χ2n) is 8.89. The third kappa shape index (κ3) is 5.47. The Bertz CT molecular complexity index is 1570. The molecule has 5 aromatic rings. The molecule has 0 aliphatic heterocycles. The zero-order valence-electron chi connectivity index (χ0n) is 20.3. The Kier molecular flexibility index (Phi) is 6.99. The van der Waals surface area contributed by atoms with Gasteiger partial charge in [-0.3, -0.25) is 9.59 Å². The monoisotopic (exact) mass is 503 g/mol. The summed E-state index contributed by atoms with van der Waals surface area (Å²) in [6.07, 6.45) is 0.0814. The maximum absolute atomic E-state index is 13.1. The number of H-pyrrole nitrogens is 1. The van der Waals surface area contributed by atoms with Crippen LogP contribution in [0.15, 0.2) is 109 Å². The number of fused-ring (bicyclic) bond motifs is 1. The molecule has 0 spiro atoms. The summed E-state index contributed by atoms with van der Waals surface area (Å²) < 4.78 is 0. The van der Waals surface area contributed by atoms with Gasteiger partial charge in [0.05, 0.1) is 11.3 Å². The summed E-state index contributed by atoms with van der Waals surface area (Å²) in [7, 11) is 0. The molecule has 2 amide bonds. The number of anilines is 1. The van der Waals surface area contributed by atoms with Gasteiger partial charge in [0.1, 0.15) is 6.04 Å². The Balaban J connectivity index is 1.30. The number of aromatic amines is 1. The third-order valence-electron chi connectivity index (χ3n) is 6.29. The van der Waals surface area contributed by atoms with E-state index in [1.54, 1.807) is 36.4 Å². The van der Waals surface area contributed by atoms with Crippen LogP contribution in [0.4, 0.5) is 5.69 Å². The molecule has 0 unspecified atom stereocenters. The number of hydrogen-bond acceptors (Lipinski definition) is 3. The van der Waals surface area contributed by atoms with Crippen LogP contribution < -0.4 is 10.6 Å². The van der Waals surface area contributed by atoms with Gasteiger partial charge in [-0.2, -0.15) is 0 Å². The van der Waals surface area contributed by atoms with Gasteiger partial charge < -0.3 is 20.7 Å². The summed E-state index contributed by atoms with van der Waals surface area (Å²) in [5.74, 6) is -2.13. The Morgan fingerprint density at radius 2 is 1.39 bits per heavy atom. The molecule has 4 aromatic carbocycles. The molecule has 0 aliphatic rings. The normalized spacial score (nSPS) is 11.6. The second-order valence-corrected chi connectivity index (χ2v) is 8.89. The third-order valence-corrected chi connectivity index (χ3v) is 6.29. The average Bonchev–Trinajstić information content (AvgIpc) is 3.36. The minimum absolute atomic E-state index is 0.0814. The molecule has 7 heteroatoms. The SMILES string of the molecule is O=C(Nc1ccccc1C(=O)N[C@@H](Cc1cc2ccccc2[nH]1)C(=O)O)c1ccc(-c2ccccc2)cc1. The number of aliphatic carboxylic acids is 1. The van der Waals surface area contributed by atoms with Crippen LogP contribution in [0.2, 0.25) is 0 Å². The van der Waals surface area contributed by atoms with E-state index in [2.05, 4.69) is 15.6 Å². The van der Waals surface area contributed by atoms with Gasteiger partial charge in [0.2, 0.25) is 0 Å². The summed E-state index contributed by atoms with van der Waals surface area (Å²) in [5.41, 5.74) is 4.50. The van der Waals surface area contributed by atoms with Crippen molar-refractivity contribution < 1.29 is 19.5 Å². The summed E-state index contributed by atoms with van der Waals surface area (Å²) in [4.78, 5) is 41.2. The Morgan fingerprint density at radius 1 is 0.737 bits per heavy atom. The highest BCUT2D eigenvalue weighted by atomic mass is 16.4. The molecule has 1 heterocycles. The van der Waals surface area contributed by atoms with Gasteiger partial charge in [0, 0.05) is 23.2 Å². The highest BCUT2D eigenvalue weighted by molar-refractivity contribution is 6.09. The van der Waals surface area contributed by atoms with E-state index in [0.717, 1.165) is 22.0 Å². The van der Waals surface area contributed by atoms with E-state index >= 15 is 0 Å². The minimum Gasteiger partial charge on any atom is -0.480 e. The minimum atomic E-state index is -1.16. The summed E-state index contributed by atoms with van der Waals surface area (Å²) >= 11 is 0. The molecule has 0 saturated carbocycles. The molecule has 0 bridgehead atoms. The number of carboxylic acid groups (broad SMARTS) is 1. The predicted molar refractivity (Wildman–Crippen MR) is 147 cm³/mol. The standard InChI is InChI=1S/C31H25N3O4/c35-29(22-16-14-21(15-17-22)20-8-2-1-3-9-20)33-27-13-7-5-11-25(27)30(36)34-28(31(37)38)19-24-18-23-10-4-6-12-26(23)32-24/h1-18,28,32H,19H2,(H,33,35)(H,34,36)(H,37,38)/t28-/m0/s1. The van der Waals surface area contributed by atoms with Crippen LogP contribution in [-0.2, 0) is 11.2 Å². The lowest BCUT2D eigenvalue weighted by atomic mass is 10.0. The van der Waals surface area contributed by atoms with Crippen molar-refractivity contribution in [1.29, 1.82) is 0 Å². The van der Waals surface area contributed by atoms with Gasteiger partial charge in [0.25, 0.3) is 11.8 Å². The predicted octanol–water partition coefficient (Wildman–Crippen LogP) is 5.51. The lowest BCUT2D eigenvalue weighted by Crippen LogP contribution is -2.42. The molecular weight excluding hydrogens is 478 g/mol. The molecule has 0 saturated heterocycles. The van der Waals surface area contributed by atoms with Gasteiger partial charge in [0.15, 0.2) is 0 Å². The van der Waals surface area contributed by atoms with Crippen molar-refractivity contribution in [2.75, 3.05) is 5.32 Å². The van der Waals surface area contributed by atoms with Crippen LogP contribution in [0.25, 0.3) is 22.0 Å². The van der Waals surface area contributed by atoms with Gasteiger partial charge in [-0.15, -0.1) is 0 Å². The number of amides is 2. The molecule has 5 rings (SSSR count). The fourth-order valence-electron chi connectivity index (χ4n) is 4.33. The maximum Gasteiger partial charge on any atom is 0.326 e. The van der Waals surface area contributed by atoms with Gasteiger partial charge in [-0.05, 0) is 52.9 Å². The van der Waals surface area contributed by atoms with E-state index in [4.69, 9.17) is 0 Å². The number of rotatable bonds is 8. The van der Waals surface area contributed by atoms with E-state index in [0.29, 0.717) is 11.3 Å². The molecule has 7 nitrogen and oxygen atoms in total. The second kappa shape index (κ2) is 10.8. The van der Waals surface area contributed by atoms with Crippen molar-refractivity contribution in [3.8, 4) is 11.1 Å². The van der Waals surface area contributed by atoms with Crippen molar-refractivity contribution in [1.82, 2.24) is 10.3 Å². The number of benzene rings is 4. The largest absolute Gasteiger partial charge is 0.480 e. The average molecular weight is 504 g/mol. The first-order valence-corrected chi connectivity index (χ1v) is 12.1. The number of hydrogen-bond donors (Lipinski definition) is 4. The van der Waals surface area contributed by atoms with Crippen molar-refractivity contribution in [2.45, 2.75) is 12.5 Å². The zero-order valence-corrected chi connectivity index (χ0v) is 20.3. The number of carboxylic acids is 1. The molecule has 1 atom stereocenters. The summed E-state index contributed by atoms with van der Waals surface area (Å²) in [6.45, 7) is 0. The van der Waals surface area contributed by atoms with Crippen molar-refractivity contribution in [3.63, 3.8) is 0 Å². The van der Waals surface area contributed by atoms with E-state index in [9.17, 15) is 19.5 Å². The van der Waals surface area contributed by atoms with Gasteiger partial charge in [-0.1, -0.05) is 72.8 Å². The first-order valence-electron chi connectivity index (χ1n) is 12.1. The molecule has 188 valence electrons. The molecule has 1 aromatic heterocycles. The van der Waals surface area contributed by atoms with Gasteiger partial charge in [-0.25, -0.2) is 4.79 Å². The molecule has 0 fully saturated rings. The first-order chi connectivity index (χ1) is 18.5. The lowest BCUT2D eigenvalue weighted by molar-refractivity contribution is -0.139.